The van der Waals surface area contributed by atoms with Crippen molar-refractivity contribution in [3.05, 3.63) is 55.5 Å². The van der Waals surface area contributed by atoms with Crippen LogP contribution in [-0.4, -0.2) is 32.1 Å². The number of hydrogen-bond acceptors (Lipinski definition) is 6. The third-order valence-electron chi connectivity index (χ3n) is 3.55. The maximum Gasteiger partial charge on any atom is 0.267 e. The van der Waals surface area contributed by atoms with Gasteiger partial charge in [0.1, 0.15) is 0 Å². The largest absolute Gasteiger partial charge is 0.297 e. The standard InChI is InChI=1S/C17H15Cl2N3O3S3/c1-28(24,25)20-7-6-11-3-5-15(27-11)16(23)22-17-21-14(9-26-17)12-4-2-10(18)8-13(12)19/h2-5,8-9,20H,6-7H2,1H3,(H,21,22,23). The minimum Gasteiger partial charge on any atom is -0.297 e. The molecule has 0 fully saturated rings. The minimum absolute atomic E-state index is 0.268. The Labute approximate surface area is 180 Å². The Morgan fingerprint density at radius 1 is 1.21 bits per heavy atom. The highest BCUT2D eigenvalue weighted by Gasteiger charge is 2.14. The van der Waals surface area contributed by atoms with E-state index in [0.29, 0.717) is 32.2 Å². The number of anilines is 1. The Morgan fingerprint density at radius 2 is 2.00 bits per heavy atom. The first-order valence-electron chi connectivity index (χ1n) is 7.97. The molecule has 0 aliphatic rings. The van der Waals surface area contributed by atoms with E-state index in [9.17, 15) is 13.2 Å². The van der Waals surface area contributed by atoms with Gasteiger partial charge in [0, 0.05) is 27.4 Å². The number of benzene rings is 1. The SMILES string of the molecule is CS(=O)(=O)NCCc1ccc(C(=O)Nc2nc(-c3ccc(Cl)cc3Cl)cs2)s1. The average molecular weight is 476 g/mol. The monoisotopic (exact) mass is 475 g/mol. The first-order chi connectivity index (χ1) is 13.2. The van der Waals surface area contributed by atoms with Crippen LogP contribution in [0.25, 0.3) is 11.3 Å². The fourth-order valence-corrected chi connectivity index (χ4v) is 4.89. The second kappa shape index (κ2) is 8.89. The second-order valence-electron chi connectivity index (χ2n) is 5.80. The van der Waals surface area contributed by atoms with Crippen LogP contribution in [-0.2, 0) is 16.4 Å². The number of nitrogens with zero attached hydrogens (tertiary/aromatic N) is 1. The van der Waals surface area contributed by atoms with Gasteiger partial charge in [0.2, 0.25) is 10.0 Å². The van der Waals surface area contributed by atoms with Crippen LogP contribution in [0.4, 0.5) is 5.13 Å². The van der Waals surface area contributed by atoms with Gasteiger partial charge in [-0.2, -0.15) is 0 Å². The maximum atomic E-state index is 12.4. The quantitative estimate of drug-likeness (QED) is 0.525. The zero-order chi connectivity index (χ0) is 20.3. The van der Waals surface area contributed by atoms with Crippen LogP contribution in [0.5, 0.6) is 0 Å². The lowest BCUT2D eigenvalue weighted by atomic mass is 10.2. The molecular weight excluding hydrogens is 461 g/mol. The third kappa shape index (κ3) is 5.76. The Hall–Kier alpha value is -1.49. The van der Waals surface area contributed by atoms with Gasteiger partial charge in [0.25, 0.3) is 5.91 Å². The van der Waals surface area contributed by atoms with Gasteiger partial charge in [-0.1, -0.05) is 23.2 Å². The summed E-state index contributed by atoms with van der Waals surface area (Å²) in [5.41, 5.74) is 1.39. The summed E-state index contributed by atoms with van der Waals surface area (Å²) in [5.74, 6) is -0.268. The molecular formula is C17H15Cl2N3O3S3. The van der Waals surface area contributed by atoms with Gasteiger partial charge < -0.3 is 0 Å². The maximum absolute atomic E-state index is 12.4. The van der Waals surface area contributed by atoms with Gasteiger partial charge in [0.15, 0.2) is 5.13 Å². The van der Waals surface area contributed by atoms with E-state index in [1.807, 2.05) is 6.07 Å². The summed E-state index contributed by atoms with van der Waals surface area (Å²) in [6.45, 7) is 0.290. The fourth-order valence-electron chi connectivity index (χ4n) is 2.30. The average Bonchev–Trinajstić information content (AvgIpc) is 3.23. The van der Waals surface area contributed by atoms with Gasteiger partial charge in [-0.25, -0.2) is 18.1 Å². The molecule has 0 spiro atoms. The molecule has 2 aromatic heterocycles. The van der Waals surface area contributed by atoms with Crippen molar-refractivity contribution in [2.45, 2.75) is 6.42 Å². The first-order valence-corrected chi connectivity index (χ1v) is 12.3. The molecule has 0 saturated carbocycles. The molecule has 3 rings (SSSR count). The molecule has 0 bridgehead atoms. The Kier molecular flexibility index (Phi) is 6.74. The van der Waals surface area contributed by atoms with Gasteiger partial charge in [-0.15, -0.1) is 22.7 Å². The van der Waals surface area contributed by atoms with E-state index >= 15 is 0 Å². The van der Waals surface area contributed by atoms with Crippen molar-refractivity contribution in [1.29, 1.82) is 0 Å². The van der Waals surface area contributed by atoms with Crippen LogP contribution in [0.1, 0.15) is 14.5 Å². The van der Waals surface area contributed by atoms with E-state index in [0.717, 1.165) is 16.7 Å². The number of nitrogens with one attached hydrogen (secondary N) is 2. The highest BCUT2D eigenvalue weighted by molar-refractivity contribution is 7.88. The summed E-state index contributed by atoms with van der Waals surface area (Å²) >= 11 is 14.7. The van der Waals surface area contributed by atoms with E-state index < -0.39 is 10.0 Å². The molecule has 0 aliphatic carbocycles. The zero-order valence-corrected chi connectivity index (χ0v) is 18.5. The van der Waals surface area contributed by atoms with Gasteiger partial charge in [-0.05, 0) is 36.8 Å². The number of hydrogen-bond donors (Lipinski definition) is 2. The van der Waals surface area contributed by atoms with Crippen LogP contribution in [0.2, 0.25) is 10.0 Å². The molecule has 11 heteroatoms. The van der Waals surface area contributed by atoms with Crippen molar-refractivity contribution < 1.29 is 13.2 Å². The molecule has 2 heterocycles. The number of carbonyl (C=O) groups excluding carboxylic acids is 1. The molecule has 0 unspecified atom stereocenters. The first kappa shape index (κ1) is 21.2. The predicted molar refractivity (Wildman–Crippen MR) is 116 cm³/mol. The Bertz CT molecular complexity index is 1110. The number of rotatable bonds is 7. The van der Waals surface area contributed by atoms with Crippen molar-refractivity contribution in [1.82, 2.24) is 9.71 Å². The topological polar surface area (TPSA) is 88.2 Å². The number of amides is 1. The van der Waals surface area contributed by atoms with Crippen LogP contribution in [0, 0.1) is 0 Å². The predicted octanol–water partition coefficient (Wildman–Crippen LogP) is 4.52. The number of carbonyl (C=O) groups is 1. The molecule has 0 radical (unpaired) electrons. The van der Waals surface area contributed by atoms with Gasteiger partial charge in [0.05, 0.1) is 21.8 Å². The summed E-state index contributed by atoms with van der Waals surface area (Å²) in [6.07, 6.45) is 1.63. The van der Waals surface area contributed by atoms with Crippen LogP contribution >= 0.6 is 45.9 Å². The molecule has 28 heavy (non-hydrogen) atoms. The molecule has 148 valence electrons. The fraction of sp³-hybridized carbons (Fsp3) is 0.176. The lowest BCUT2D eigenvalue weighted by molar-refractivity contribution is 0.103. The normalized spacial score (nSPS) is 11.5. The Balaban J connectivity index is 1.63. The highest BCUT2D eigenvalue weighted by Crippen LogP contribution is 2.32. The van der Waals surface area contributed by atoms with Gasteiger partial charge in [-0.3, -0.25) is 10.1 Å². The van der Waals surface area contributed by atoms with Crippen molar-refractivity contribution in [3.63, 3.8) is 0 Å². The molecule has 1 aromatic carbocycles. The van der Waals surface area contributed by atoms with Crippen LogP contribution < -0.4 is 10.0 Å². The lowest BCUT2D eigenvalue weighted by Gasteiger charge is -2.01. The molecule has 6 nitrogen and oxygen atoms in total. The Morgan fingerprint density at radius 3 is 2.71 bits per heavy atom. The number of halogens is 2. The van der Waals surface area contributed by atoms with Crippen molar-refractivity contribution in [2.24, 2.45) is 0 Å². The summed E-state index contributed by atoms with van der Waals surface area (Å²) < 4.78 is 24.6. The lowest BCUT2D eigenvalue weighted by Crippen LogP contribution is -2.24. The smallest absolute Gasteiger partial charge is 0.267 e. The number of thiophene rings is 1. The van der Waals surface area contributed by atoms with E-state index in [1.165, 1.54) is 22.7 Å². The molecule has 0 saturated heterocycles. The number of thiazole rings is 1. The van der Waals surface area contributed by atoms with E-state index in [1.54, 1.807) is 29.6 Å². The molecule has 2 N–H and O–H groups in total. The van der Waals surface area contributed by atoms with Crippen molar-refractivity contribution in [3.8, 4) is 11.3 Å². The molecule has 0 atom stereocenters. The van der Waals surface area contributed by atoms with Crippen molar-refractivity contribution in [2.75, 3.05) is 18.1 Å². The second-order valence-corrected chi connectivity index (χ2v) is 10.5. The highest BCUT2D eigenvalue weighted by atomic mass is 35.5. The zero-order valence-electron chi connectivity index (χ0n) is 14.5. The minimum atomic E-state index is -3.22. The summed E-state index contributed by atoms with van der Waals surface area (Å²) in [5, 5.41) is 6.06. The van der Waals surface area contributed by atoms with E-state index in [-0.39, 0.29) is 12.5 Å². The van der Waals surface area contributed by atoms with E-state index in [2.05, 4.69) is 15.0 Å². The molecule has 1 amide bonds. The number of sulfonamides is 1. The molecule has 0 aliphatic heterocycles. The van der Waals surface area contributed by atoms with E-state index in [4.69, 9.17) is 23.2 Å². The summed E-state index contributed by atoms with van der Waals surface area (Å²) in [7, 11) is -3.22. The number of aromatic nitrogens is 1. The summed E-state index contributed by atoms with van der Waals surface area (Å²) in [6, 6.07) is 8.67. The van der Waals surface area contributed by atoms with Crippen molar-refractivity contribution >= 4 is 66.9 Å². The molecule has 3 aromatic rings. The van der Waals surface area contributed by atoms with Gasteiger partial charge >= 0.3 is 0 Å². The van der Waals surface area contributed by atoms with Crippen LogP contribution in [0.3, 0.4) is 0 Å². The summed E-state index contributed by atoms with van der Waals surface area (Å²) in [4.78, 5) is 18.3. The van der Waals surface area contributed by atoms with Crippen LogP contribution in [0.15, 0.2) is 35.7 Å². The third-order valence-corrected chi connectivity index (χ3v) is 6.73.